The number of amides is 1. The molecule has 0 atom stereocenters. The molecule has 0 aliphatic heterocycles. The molecule has 4 heterocycles. The molecule has 1 aliphatic carbocycles. The van der Waals surface area contributed by atoms with Gasteiger partial charge >= 0.3 is 0 Å². The van der Waals surface area contributed by atoms with E-state index >= 15 is 0 Å². The quantitative estimate of drug-likeness (QED) is 0.523. The lowest BCUT2D eigenvalue weighted by atomic mass is 9.92. The van der Waals surface area contributed by atoms with E-state index in [-0.39, 0.29) is 11.3 Å². The van der Waals surface area contributed by atoms with Gasteiger partial charge in [0.15, 0.2) is 11.5 Å². The van der Waals surface area contributed by atoms with Gasteiger partial charge in [-0.3, -0.25) is 9.48 Å². The summed E-state index contributed by atoms with van der Waals surface area (Å²) in [4.78, 5) is 22.8. The van der Waals surface area contributed by atoms with Crippen LogP contribution in [0.15, 0.2) is 36.5 Å². The van der Waals surface area contributed by atoms with Crippen molar-refractivity contribution in [2.24, 2.45) is 7.05 Å². The first-order valence-corrected chi connectivity index (χ1v) is 10.9. The molecular formula is C24H27N7O. The largest absolute Gasteiger partial charge is 0.306 e. The summed E-state index contributed by atoms with van der Waals surface area (Å²) < 4.78 is 3.44. The number of carbonyl (C=O) groups is 1. The molecule has 0 unspecified atom stereocenters. The van der Waals surface area contributed by atoms with Crippen LogP contribution in [0.4, 0.5) is 5.82 Å². The number of carbonyl (C=O) groups excluding carboxylic acids is 1. The van der Waals surface area contributed by atoms with Gasteiger partial charge in [0.2, 0.25) is 0 Å². The lowest BCUT2D eigenvalue weighted by molar-refractivity contribution is 0.102. The molecular weight excluding hydrogens is 402 g/mol. The fraction of sp³-hybridized carbons (Fsp3) is 0.375. The van der Waals surface area contributed by atoms with E-state index in [9.17, 15) is 4.79 Å². The monoisotopic (exact) mass is 429 g/mol. The van der Waals surface area contributed by atoms with Crippen LogP contribution < -0.4 is 5.32 Å². The summed E-state index contributed by atoms with van der Waals surface area (Å²) in [6, 6.07) is 9.48. The van der Waals surface area contributed by atoms with Gasteiger partial charge in [-0.1, -0.05) is 26.8 Å². The minimum Gasteiger partial charge on any atom is -0.306 e. The first kappa shape index (κ1) is 20.4. The smallest absolute Gasteiger partial charge is 0.257 e. The molecule has 0 radical (unpaired) electrons. The van der Waals surface area contributed by atoms with E-state index in [4.69, 9.17) is 10.1 Å². The fourth-order valence-electron chi connectivity index (χ4n) is 3.91. The van der Waals surface area contributed by atoms with Crippen molar-refractivity contribution in [3.63, 3.8) is 0 Å². The summed E-state index contributed by atoms with van der Waals surface area (Å²) >= 11 is 0. The van der Waals surface area contributed by atoms with E-state index in [0.717, 1.165) is 41.0 Å². The third-order valence-electron chi connectivity index (χ3n) is 5.81. The average Bonchev–Trinajstić information content (AvgIpc) is 3.45. The Bertz CT molecular complexity index is 1320. The molecule has 4 aromatic rings. The number of nitrogens with zero attached hydrogens (tertiary/aromatic N) is 6. The Morgan fingerprint density at radius 2 is 1.94 bits per heavy atom. The molecule has 0 saturated heterocycles. The zero-order valence-electron chi connectivity index (χ0n) is 19.0. The maximum atomic E-state index is 13.6. The summed E-state index contributed by atoms with van der Waals surface area (Å²) in [5.41, 5.74) is 3.77. The van der Waals surface area contributed by atoms with E-state index in [1.54, 1.807) is 15.6 Å². The Balaban J connectivity index is 1.60. The SMILES string of the molecule is Cc1nn(C)c2nc(C3CC3)cc(C(=O)Nc3cc(C(C)(C)C)nn3-c3ccccn3)c12. The standard InChI is InChI=1S/C24H27N7O/c1-14-21-16(12-17(15-9-10-15)26-22(21)30(5)28-14)23(32)27-20-13-18(24(2,3)4)29-31(20)19-8-6-7-11-25-19/h6-8,11-13,15H,9-10H2,1-5H3,(H,27,32). The zero-order chi connectivity index (χ0) is 22.6. The highest BCUT2D eigenvalue weighted by Gasteiger charge is 2.29. The molecule has 8 nitrogen and oxygen atoms in total. The van der Waals surface area contributed by atoms with Gasteiger partial charge in [-0.25, -0.2) is 9.97 Å². The highest BCUT2D eigenvalue weighted by molar-refractivity contribution is 6.12. The predicted molar refractivity (Wildman–Crippen MR) is 123 cm³/mol. The minimum absolute atomic E-state index is 0.178. The van der Waals surface area contributed by atoms with Crippen molar-refractivity contribution in [1.82, 2.24) is 29.5 Å². The van der Waals surface area contributed by atoms with Crippen LogP contribution in [0, 0.1) is 6.92 Å². The minimum atomic E-state index is -0.201. The lowest BCUT2D eigenvalue weighted by Gasteiger charge is -2.13. The van der Waals surface area contributed by atoms with Crippen molar-refractivity contribution < 1.29 is 4.79 Å². The molecule has 1 saturated carbocycles. The third-order valence-corrected chi connectivity index (χ3v) is 5.81. The van der Waals surface area contributed by atoms with Gasteiger partial charge in [-0.05, 0) is 38.0 Å². The summed E-state index contributed by atoms with van der Waals surface area (Å²) in [7, 11) is 1.87. The van der Waals surface area contributed by atoms with Gasteiger partial charge in [0.25, 0.3) is 5.91 Å². The summed E-state index contributed by atoms with van der Waals surface area (Å²) in [5, 5.41) is 13.1. The molecule has 32 heavy (non-hydrogen) atoms. The van der Waals surface area contributed by atoms with Crippen LogP contribution in [0.3, 0.4) is 0 Å². The van der Waals surface area contributed by atoms with Gasteiger partial charge in [-0.2, -0.15) is 14.9 Å². The summed E-state index contributed by atoms with van der Waals surface area (Å²) in [5.74, 6) is 1.45. The lowest BCUT2D eigenvalue weighted by Crippen LogP contribution is -2.17. The molecule has 8 heteroatoms. The van der Waals surface area contributed by atoms with Crippen LogP contribution in [0.25, 0.3) is 16.9 Å². The van der Waals surface area contributed by atoms with E-state index < -0.39 is 0 Å². The van der Waals surface area contributed by atoms with Gasteiger partial charge in [0, 0.05) is 36.3 Å². The number of rotatable bonds is 4. The molecule has 1 amide bonds. The number of pyridine rings is 2. The Labute approximate surface area is 186 Å². The number of hydrogen-bond donors (Lipinski definition) is 1. The molecule has 0 spiro atoms. The molecule has 5 rings (SSSR count). The second-order valence-corrected chi connectivity index (χ2v) is 9.50. The van der Waals surface area contributed by atoms with E-state index in [1.807, 2.05) is 44.3 Å². The first-order valence-electron chi connectivity index (χ1n) is 10.9. The highest BCUT2D eigenvalue weighted by atomic mass is 16.1. The summed E-state index contributed by atoms with van der Waals surface area (Å²) in [6.45, 7) is 8.19. The van der Waals surface area contributed by atoms with Crippen LogP contribution >= 0.6 is 0 Å². The summed E-state index contributed by atoms with van der Waals surface area (Å²) in [6.07, 6.45) is 3.93. The number of aromatic nitrogens is 6. The molecule has 1 N–H and O–H groups in total. The Kier molecular flexibility index (Phi) is 4.62. The van der Waals surface area contributed by atoms with Crippen molar-refractivity contribution in [1.29, 1.82) is 0 Å². The average molecular weight is 430 g/mol. The molecule has 0 bridgehead atoms. The van der Waals surface area contributed by atoms with Crippen LogP contribution in [-0.2, 0) is 12.5 Å². The molecule has 4 aromatic heterocycles. The van der Waals surface area contributed by atoms with Gasteiger partial charge in [0.05, 0.1) is 22.3 Å². The predicted octanol–water partition coefficient (Wildman–Crippen LogP) is 4.28. The van der Waals surface area contributed by atoms with Gasteiger partial charge in [-0.15, -0.1) is 0 Å². The van der Waals surface area contributed by atoms with Crippen LogP contribution in [0.1, 0.15) is 67.0 Å². The fourth-order valence-corrected chi connectivity index (χ4v) is 3.91. The Morgan fingerprint density at radius 3 is 2.59 bits per heavy atom. The Morgan fingerprint density at radius 1 is 1.16 bits per heavy atom. The number of anilines is 1. The van der Waals surface area contributed by atoms with E-state index in [0.29, 0.717) is 23.1 Å². The zero-order valence-corrected chi connectivity index (χ0v) is 19.0. The van der Waals surface area contributed by atoms with Crippen molar-refractivity contribution in [2.45, 2.75) is 51.9 Å². The number of hydrogen-bond acceptors (Lipinski definition) is 5. The number of aryl methyl sites for hydroxylation is 2. The molecule has 1 aliphatic rings. The van der Waals surface area contributed by atoms with Crippen LogP contribution in [0.5, 0.6) is 0 Å². The molecule has 0 aromatic carbocycles. The third kappa shape index (κ3) is 3.55. The second-order valence-electron chi connectivity index (χ2n) is 9.50. The highest BCUT2D eigenvalue weighted by Crippen LogP contribution is 2.40. The van der Waals surface area contributed by atoms with Crippen molar-refractivity contribution in [2.75, 3.05) is 5.32 Å². The second kappa shape index (κ2) is 7.25. The van der Waals surface area contributed by atoms with Gasteiger partial charge < -0.3 is 5.32 Å². The molecule has 1 fully saturated rings. The number of fused-ring (bicyclic) bond motifs is 1. The molecule has 164 valence electrons. The normalized spacial score (nSPS) is 14.2. The maximum absolute atomic E-state index is 13.6. The number of nitrogens with one attached hydrogen (secondary N) is 1. The van der Waals surface area contributed by atoms with Crippen molar-refractivity contribution >= 4 is 22.8 Å². The van der Waals surface area contributed by atoms with E-state index in [1.165, 1.54) is 0 Å². The van der Waals surface area contributed by atoms with Crippen LogP contribution in [0.2, 0.25) is 0 Å². The van der Waals surface area contributed by atoms with Crippen LogP contribution in [-0.4, -0.2) is 35.4 Å². The van der Waals surface area contributed by atoms with Gasteiger partial charge in [0.1, 0.15) is 5.82 Å². The Hall–Kier alpha value is -3.55. The maximum Gasteiger partial charge on any atom is 0.257 e. The van der Waals surface area contributed by atoms with Crippen molar-refractivity contribution in [3.05, 3.63) is 59.2 Å². The first-order chi connectivity index (χ1) is 15.2. The van der Waals surface area contributed by atoms with E-state index in [2.05, 4.69) is 36.2 Å². The topological polar surface area (TPSA) is 90.5 Å². The van der Waals surface area contributed by atoms with Crippen molar-refractivity contribution in [3.8, 4) is 5.82 Å².